The summed E-state index contributed by atoms with van der Waals surface area (Å²) in [6.45, 7) is 2.46. The fourth-order valence-electron chi connectivity index (χ4n) is 4.97. The molecule has 0 radical (unpaired) electrons. The highest BCUT2D eigenvalue weighted by Crippen LogP contribution is 2.65. The monoisotopic (exact) mass is 256 g/mol. The number of carbonyl (C=O) groups is 1. The number of thioether (sulfide) groups is 2. The van der Waals surface area contributed by atoms with Gasteiger partial charge in [-0.05, 0) is 62.0 Å². The van der Waals surface area contributed by atoms with Crippen molar-refractivity contribution in [1.82, 2.24) is 0 Å². The molecule has 0 aliphatic heterocycles. The van der Waals surface area contributed by atoms with Crippen LogP contribution in [0.3, 0.4) is 0 Å². The van der Waals surface area contributed by atoms with Gasteiger partial charge < -0.3 is 0 Å². The van der Waals surface area contributed by atoms with Gasteiger partial charge in [-0.3, -0.25) is 4.79 Å². The molecule has 4 fully saturated rings. The molecule has 2 atom stereocenters. The second-order valence-corrected chi connectivity index (χ2v) is 8.99. The van der Waals surface area contributed by atoms with E-state index < -0.39 is 0 Å². The lowest BCUT2D eigenvalue weighted by Crippen LogP contribution is -2.53. The smallest absolute Gasteiger partial charge is 0.246 e. The Morgan fingerprint density at radius 1 is 1.19 bits per heavy atom. The number of rotatable bonds is 1. The number of carbonyl (C=O) groups excluding carboxylic acids is 1. The number of hydrogen-bond donors (Lipinski definition) is 0. The molecule has 1 nitrogen and oxygen atoms in total. The van der Waals surface area contributed by atoms with Crippen molar-refractivity contribution < 1.29 is 4.79 Å². The van der Waals surface area contributed by atoms with Crippen molar-refractivity contribution in [3.63, 3.8) is 0 Å². The van der Waals surface area contributed by atoms with Gasteiger partial charge in [-0.2, -0.15) is 0 Å². The van der Waals surface area contributed by atoms with Crippen LogP contribution >= 0.6 is 23.5 Å². The predicted octanol–water partition coefficient (Wildman–Crippen LogP) is 4.56. The van der Waals surface area contributed by atoms with Gasteiger partial charge in [0, 0.05) is 4.75 Å². The largest absolute Gasteiger partial charge is 0.274 e. The Kier molecular flexibility index (Phi) is 2.64. The van der Waals surface area contributed by atoms with E-state index in [-0.39, 0.29) is 0 Å². The maximum absolute atomic E-state index is 11.7. The van der Waals surface area contributed by atoms with Gasteiger partial charge in [0.05, 0.1) is 0 Å². The molecule has 0 aromatic rings. The lowest BCUT2D eigenvalue weighted by atomic mass is 9.50. The van der Waals surface area contributed by atoms with Crippen molar-refractivity contribution in [3.8, 4) is 0 Å². The van der Waals surface area contributed by atoms with Crippen LogP contribution in [-0.2, 0) is 0 Å². The van der Waals surface area contributed by atoms with Crippen LogP contribution in [0.1, 0.15) is 45.4 Å². The van der Waals surface area contributed by atoms with Crippen LogP contribution in [-0.4, -0.2) is 15.5 Å². The van der Waals surface area contributed by atoms with Gasteiger partial charge in [0.25, 0.3) is 0 Å². The van der Waals surface area contributed by atoms with E-state index in [1.807, 2.05) is 6.26 Å². The highest BCUT2D eigenvalue weighted by atomic mass is 32.2. The molecule has 4 saturated carbocycles. The molecule has 0 heterocycles. The Morgan fingerprint density at radius 2 is 1.81 bits per heavy atom. The third-order valence-electron chi connectivity index (χ3n) is 4.77. The molecular formula is C13H20OS2. The molecule has 0 saturated heterocycles. The highest BCUT2D eigenvalue weighted by Gasteiger charge is 2.56. The summed E-state index contributed by atoms with van der Waals surface area (Å²) in [5.74, 6) is 1.85. The van der Waals surface area contributed by atoms with Crippen LogP contribution in [0.15, 0.2) is 0 Å². The van der Waals surface area contributed by atoms with Gasteiger partial charge in [-0.15, -0.1) is 0 Å². The molecule has 0 spiro atoms. The molecular weight excluding hydrogens is 236 g/mol. The third-order valence-corrected chi connectivity index (χ3v) is 6.93. The topological polar surface area (TPSA) is 17.1 Å². The van der Waals surface area contributed by atoms with Crippen molar-refractivity contribution in [1.29, 1.82) is 0 Å². The molecule has 2 unspecified atom stereocenters. The van der Waals surface area contributed by atoms with Crippen LogP contribution in [0.2, 0.25) is 0 Å². The second-order valence-electron chi connectivity index (χ2n) is 6.51. The van der Waals surface area contributed by atoms with Gasteiger partial charge in [-0.1, -0.05) is 30.4 Å². The summed E-state index contributed by atoms with van der Waals surface area (Å²) in [6, 6.07) is 0. The quantitative estimate of drug-likeness (QED) is 0.684. The van der Waals surface area contributed by atoms with Crippen molar-refractivity contribution in [3.05, 3.63) is 0 Å². The summed E-state index contributed by atoms with van der Waals surface area (Å²) in [5.41, 5.74) is 0.565. The summed E-state index contributed by atoms with van der Waals surface area (Å²) in [4.78, 5) is 11.7. The van der Waals surface area contributed by atoms with Crippen molar-refractivity contribution >= 4 is 28.0 Å². The molecule has 4 aliphatic carbocycles. The average molecular weight is 256 g/mol. The standard InChI is InChI=1S/C13H20OS2/c1-12-4-9-3-10(5-12)7-13(6-9,8-12)16-11(14)15-2/h9-10H,3-8H2,1-2H3. The van der Waals surface area contributed by atoms with E-state index in [9.17, 15) is 4.79 Å². The van der Waals surface area contributed by atoms with Crippen LogP contribution < -0.4 is 0 Å². The zero-order valence-electron chi connectivity index (χ0n) is 10.1. The normalized spacial score (nSPS) is 49.6. The zero-order valence-corrected chi connectivity index (χ0v) is 11.8. The summed E-state index contributed by atoms with van der Waals surface area (Å²) >= 11 is 3.08. The molecule has 4 rings (SSSR count). The van der Waals surface area contributed by atoms with Crippen LogP contribution in [0.25, 0.3) is 0 Å². The van der Waals surface area contributed by atoms with Gasteiger partial charge in [-0.25, -0.2) is 0 Å². The Hall–Kier alpha value is 0.370. The van der Waals surface area contributed by atoms with Gasteiger partial charge >= 0.3 is 0 Å². The van der Waals surface area contributed by atoms with E-state index >= 15 is 0 Å². The zero-order chi connectivity index (χ0) is 11.4. The maximum atomic E-state index is 11.7. The van der Waals surface area contributed by atoms with Gasteiger partial charge in [0.15, 0.2) is 0 Å². The third kappa shape index (κ3) is 1.84. The minimum absolute atomic E-state index is 0.332. The molecule has 16 heavy (non-hydrogen) atoms. The Bertz CT molecular complexity index is 312. The number of hydrogen-bond acceptors (Lipinski definition) is 3. The molecule has 4 aliphatic rings. The Balaban J connectivity index is 1.83. The van der Waals surface area contributed by atoms with Crippen LogP contribution in [0.4, 0.5) is 4.79 Å². The van der Waals surface area contributed by atoms with Gasteiger partial charge in [0.2, 0.25) is 4.45 Å². The fourth-order valence-corrected chi connectivity index (χ4v) is 7.24. The molecule has 0 N–H and O–H groups in total. The molecule has 0 aromatic carbocycles. The van der Waals surface area contributed by atoms with E-state index in [1.165, 1.54) is 50.3 Å². The van der Waals surface area contributed by atoms with Crippen molar-refractivity contribution in [2.75, 3.05) is 6.26 Å². The maximum Gasteiger partial charge on any atom is 0.246 e. The van der Waals surface area contributed by atoms with Gasteiger partial charge in [0.1, 0.15) is 0 Å². The SMILES string of the molecule is CSC(=O)SC12CC3CC(CC(C)(C3)C1)C2. The Morgan fingerprint density at radius 3 is 2.31 bits per heavy atom. The molecule has 0 aromatic heterocycles. The first kappa shape index (κ1) is 11.5. The van der Waals surface area contributed by atoms with E-state index in [0.717, 1.165) is 11.8 Å². The van der Waals surface area contributed by atoms with Crippen molar-refractivity contribution in [2.24, 2.45) is 17.3 Å². The predicted molar refractivity (Wildman–Crippen MR) is 72.0 cm³/mol. The van der Waals surface area contributed by atoms with Crippen LogP contribution in [0, 0.1) is 17.3 Å². The second kappa shape index (κ2) is 3.68. The fraction of sp³-hybridized carbons (Fsp3) is 0.923. The van der Waals surface area contributed by atoms with Crippen molar-refractivity contribution in [2.45, 2.75) is 50.2 Å². The molecule has 4 bridgehead atoms. The summed E-state index contributed by atoms with van der Waals surface area (Å²) < 4.78 is 0.671. The highest BCUT2D eigenvalue weighted by molar-refractivity contribution is 8.38. The lowest BCUT2D eigenvalue weighted by molar-refractivity contribution is -0.0249. The summed E-state index contributed by atoms with van der Waals surface area (Å²) in [6.07, 6.45) is 10.2. The van der Waals surface area contributed by atoms with E-state index in [1.54, 1.807) is 11.8 Å². The van der Waals surface area contributed by atoms with E-state index in [2.05, 4.69) is 6.92 Å². The molecule has 90 valence electrons. The summed E-state index contributed by atoms with van der Waals surface area (Å²) in [5, 5.41) is 0. The first-order valence-electron chi connectivity index (χ1n) is 6.30. The minimum Gasteiger partial charge on any atom is -0.274 e. The Labute approximate surface area is 107 Å². The lowest BCUT2D eigenvalue weighted by Gasteiger charge is -2.60. The van der Waals surface area contributed by atoms with Crippen LogP contribution in [0.5, 0.6) is 0 Å². The molecule has 0 amide bonds. The molecule has 3 heteroatoms. The first-order valence-corrected chi connectivity index (χ1v) is 8.34. The van der Waals surface area contributed by atoms with E-state index in [0.29, 0.717) is 14.6 Å². The average Bonchev–Trinajstić information content (AvgIpc) is 2.12. The first-order chi connectivity index (χ1) is 7.53. The van der Waals surface area contributed by atoms with E-state index in [4.69, 9.17) is 0 Å². The summed E-state index contributed by atoms with van der Waals surface area (Å²) in [7, 11) is 0. The minimum atomic E-state index is 0.332.